The van der Waals surface area contributed by atoms with Crippen LogP contribution in [-0.4, -0.2) is 48.8 Å². The predicted octanol–water partition coefficient (Wildman–Crippen LogP) is 1.09. The summed E-state index contributed by atoms with van der Waals surface area (Å²) in [6, 6.07) is 7.44. The summed E-state index contributed by atoms with van der Waals surface area (Å²) in [5.41, 5.74) is 0.676. The van der Waals surface area contributed by atoms with Crippen molar-refractivity contribution in [3.8, 4) is 5.75 Å². The molecule has 0 aromatic heterocycles. The average molecular weight is 264 g/mol. The van der Waals surface area contributed by atoms with Gasteiger partial charge in [-0.25, -0.2) is 0 Å². The molecule has 104 valence electrons. The zero-order valence-corrected chi connectivity index (χ0v) is 11.1. The molecule has 2 rings (SSSR count). The van der Waals surface area contributed by atoms with Gasteiger partial charge in [-0.1, -0.05) is 12.1 Å². The van der Waals surface area contributed by atoms with Gasteiger partial charge < -0.3 is 15.2 Å². The minimum absolute atomic E-state index is 0.0788. The van der Waals surface area contributed by atoms with Gasteiger partial charge in [0.05, 0.1) is 25.9 Å². The number of nitrogens with one attached hydrogen (secondary N) is 1. The van der Waals surface area contributed by atoms with Gasteiger partial charge in [-0.3, -0.25) is 9.69 Å². The van der Waals surface area contributed by atoms with E-state index in [4.69, 9.17) is 4.74 Å². The number of methoxy groups -OCH3 is 1. The van der Waals surface area contributed by atoms with Gasteiger partial charge in [0.15, 0.2) is 0 Å². The number of aliphatic hydroxyl groups excluding tert-OH is 1. The molecule has 0 saturated carbocycles. The van der Waals surface area contributed by atoms with Crippen LogP contribution >= 0.6 is 0 Å². The number of likely N-dealkylation sites (tertiary alicyclic amines) is 1. The van der Waals surface area contributed by atoms with Crippen molar-refractivity contribution in [3.05, 3.63) is 24.3 Å². The Labute approximate surface area is 113 Å². The third kappa shape index (κ3) is 3.45. The highest BCUT2D eigenvalue weighted by atomic mass is 16.5. The number of nitrogens with zero attached hydrogens (tertiary/aromatic N) is 1. The van der Waals surface area contributed by atoms with E-state index in [9.17, 15) is 9.90 Å². The first-order chi connectivity index (χ1) is 9.24. The van der Waals surface area contributed by atoms with E-state index in [1.54, 1.807) is 7.11 Å². The van der Waals surface area contributed by atoms with Crippen molar-refractivity contribution in [2.75, 3.05) is 32.1 Å². The standard InChI is InChI=1S/C14H20N2O3/c1-19-13-7-3-2-6-12(13)15-14(18)9-16-8-4-5-11(16)10-17/h2-3,6-7,11,17H,4-5,8-10H2,1H3,(H,15,18). The lowest BCUT2D eigenvalue weighted by atomic mass is 10.2. The summed E-state index contributed by atoms with van der Waals surface area (Å²) in [5, 5.41) is 12.1. The summed E-state index contributed by atoms with van der Waals surface area (Å²) >= 11 is 0. The number of ether oxygens (including phenoxy) is 1. The fourth-order valence-electron chi connectivity index (χ4n) is 2.43. The molecule has 1 saturated heterocycles. The van der Waals surface area contributed by atoms with E-state index < -0.39 is 0 Å². The lowest BCUT2D eigenvalue weighted by Gasteiger charge is -2.22. The van der Waals surface area contributed by atoms with Crippen LogP contribution in [-0.2, 0) is 4.79 Å². The number of anilines is 1. The first kappa shape index (κ1) is 13.8. The SMILES string of the molecule is COc1ccccc1NC(=O)CN1CCCC1CO. The number of carbonyl (C=O) groups is 1. The Morgan fingerprint density at radius 1 is 1.53 bits per heavy atom. The molecule has 1 unspecified atom stereocenters. The van der Waals surface area contributed by atoms with Crippen LogP contribution in [0.1, 0.15) is 12.8 Å². The van der Waals surface area contributed by atoms with Gasteiger partial charge in [-0.05, 0) is 31.5 Å². The molecule has 1 aliphatic rings. The highest BCUT2D eigenvalue weighted by molar-refractivity contribution is 5.93. The Hall–Kier alpha value is -1.59. The maximum atomic E-state index is 12.0. The van der Waals surface area contributed by atoms with E-state index in [0.29, 0.717) is 18.0 Å². The summed E-state index contributed by atoms with van der Waals surface area (Å²) in [6.07, 6.45) is 1.99. The van der Waals surface area contributed by atoms with Crippen molar-refractivity contribution in [1.29, 1.82) is 0 Å². The molecule has 5 nitrogen and oxygen atoms in total. The fourth-order valence-corrected chi connectivity index (χ4v) is 2.43. The molecule has 5 heteroatoms. The van der Waals surface area contributed by atoms with E-state index in [0.717, 1.165) is 19.4 Å². The highest BCUT2D eigenvalue weighted by Gasteiger charge is 2.25. The van der Waals surface area contributed by atoms with Crippen molar-refractivity contribution < 1.29 is 14.6 Å². The summed E-state index contributed by atoms with van der Waals surface area (Å²) in [6.45, 7) is 1.29. The number of amides is 1. The van der Waals surface area contributed by atoms with Crippen LogP contribution < -0.4 is 10.1 Å². The number of aliphatic hydroxyl groups is 1. The van der Waals surface area contributed by atoms with E-state index in [1.165, 1.54) is 0 Å². The number of para-hydroxylation sites is 2. The number of benzene rings is 1. The summed E-state index contributed by atoms with van der Waals surface area (Å²) in [7, 11) is 1.58. The van der Waals surface area contributed by atoms with Crippen LogP contribution in [0, 0.1) is 0 Å². The Morgan fingerprint density at radius 2 is 2.32 bits per heavy atom. The minimum atomic E-state index is -0.0788. The smallest absolute Gasteiger partial charge is 0.238 e. The van der Waals surface area contributed by atoms with Crippen molar-refractivity contribution in [1.82, 2.24) is 4.90 Å². The van der Waals surface area contributed by atoms with Gasteiger partial charge in [0.1, 0.15) is 5.75 Å². The topological polar surface area (TPSA) is 61.8 Å². The van der Waals surface area contributed by atoms with E-state index >= 15 is 0 Å². The second-order valence-electron chi connectivity index (χ2n) is 4.70. The summed E-state index contributed by atoms with van der Waals surface area (Å²) in [4.78, 5) is 14.0. The third-order valence-electron chi connectivity index (χ3n) is 3.44. The van der Waals surface area contributed by atoms with Crippen molar-refractivity contribution in [2.45, 2.75) is 18.9 Å². The molecule has 1 amide bonds. The first-order valence-corrected chi connectivity index (χ1v) is 6.52. The molecular formula is C14H20N2O3. The molecule has 1 aromatic carbocycles. The number of hydrogen-bond donors (Lipinski definition) is 2. The molecular weight excluding hydrogens is 244 g/mol. The van der Waals surface area contributed by atoms with Crippen LogP contribution in [0.5, 0.6) is 5.75 Å². The maximum Gasteiger partial charge on any atom is 0.238 e. The Morgan fingerprint density at radius 3 is 3.05 bits per heavy atom. The Balaban J connectivity index is 1.94. The van der Waals surface area contributed by atoms with Gasteiger partial charge in [-0.2, -0.15) is 0 Å². The molecule has 1 aromatic rings. The largest absolute Gasteiger partial charge is 0.495 e. The second-order valence-corrected chi connectivity index (χ2v) is 4.70. The van der Waals surface area contributed by atoms with Gasteiger partial charge in [0.25, 0.3) is 0 Å². The molecule has 1 atom stereocenters. The predicted molar refractivity (Wildman–Crippen MR) is 73.3 cm³/mol. The zero-order valence-electron chi connectivity index (χ0n) is 11.1. The molecule has 0 radical (unpaired) electrons. The van der Waals surface area contributed by atoms with Crippen molar-refractivity contribution in [2.24, 2.45) is 0 Å². The molecule has 0 aliphatic carbocycles. The zero-order chi connectivity index (χ0) is 13.7. The fraction of sp³-hybridized carbons (Fsp3) is 0.500. The van der Waals surface area contributed by atoms with Crippen LogP contribution in [0.3, 0.4) is 0 Å². The molecule has 19 heavy (non-hydrogen) atoms. The minimum Gasteiger partial charge on any atom is -0.495 e. The molecule has 2 N–H and O–H groups in total. The highest BCUT2D eigenvalue weighted by Crippen LogP contribution is 2.23. The van der Waals surface area contributed by atoms with Crippen molar-refractivity contribution in [3.63, 3.8) is 0 Å². The molecule has 1 aliphatic heterocycles. The Kier molecular flexibility index (Phi) is 4.76. The number of carbonyl (C=O) groups excluding carboxylic acids is 1. The van der Waals surface area contributed by atoms with E-state index in [1.807, 2.05) is 29.2 Å². The molecule has 0 spiro atoms. The van der Waals surface area contributed by atoms with Crippen LogP contribution in [0.25, 0.3) is 0 Å². The van der Waals surface area contributed by atoms with Crippen LogP contribution in [0.2, 0.25) is 0 Å². The molecule has 1 heterocycles. The maximum absolute atomic E-state index is 12.0. The second kappa shape index (κ2) is 6.54. The number of rotatable bonds is 5. The van der Waals surface area contributed by atoms with Gasteiger partial charge in [0.2, 0.25) is 5.91 Å². The monoisotopic (exact) mass is 264 g/mol. The van der Waals surface area contributed by atoms with Crippen LogP contribution in [0.4, 0.5) is 5.69 Å². The molecule has 0 bridgehead atoms. The average Bonchev–Trinajstić information content (AvgIpc) is 2.86. The lowest BCUT2D eigenvalue weighted by Crippen LogP contribution is -2.38. The lowest BCUT2D eigenvalue weighted by molar-refractivity contribution is -0.117. The van der Waals surface area contributed by atoms with Crippen molar-refractivity contribution >= 4 is 11.6 Å². The van der Waals surface area contributed by atoms with Crippen LogP contribution in [0.15, 0.2) is 24.3 Å². The molecule has 1 fully saturated rings. The quantitative estimate of drug-likeness (QED) is 0.835. The third-order valence-corrected chi connectivity index (χ3v) is 3.44. The Bertz CT molecular complexity index is 436. The normalized spacial score (nSPS) is 19.4. The summed E-state index contributed by atoms with van der Waals surface area (Å²) < 4.78 is 5.19. The van der Waals surface area contributed by atoms with Gasteiger partial charge >= 0.3 is 0 Å². The van der Waals surface area contributed by atoms with E-state index in [-0.39, 0.29) is 18.6 Å². The first-order valence-electron chi connectivity index (χ1n) is 6.52. The van der Waals surface area contributed by atoms with E-state index in [2.05, 4.69) is 5.32 Å². The summed E-state index contributed by atoms with van der Waals surface area (Å²) in [5.74, 6) is 0.570. The van der Waals surface area contributed by atoms with Gasteiger partial charge in [-0.15, -0.1) is 0 Å². The van der Waals surface area contributed by atoms with Gasteiger partial charge in [0, 0.05) is 6.04 Å². The number of hydrogen-bond acceptors (Lipinski definition) is 4.